The number of hydrogen-bond acceptors (Lipinski definition) is 3. The summed E-state index contributed by atoms with van der Waals surface area (Å²) in [5.41, 5.74) is 0.617. The minimum Gasteiger partial charge on any atom is -0.319 e. The first-order valence-electron chi connectivity index (χ1n) is 10.0. The number of nitrogens with one attached hydrogen (secondary N) is 1. The number of aromatic nitrogens is 4. The Kier molecular flexibility index (Phi) is 5.34. The SMILES string of the molecule is CC(C)C1CCC(n2cc(NC(=O)c3cnn4ccccc34)c(C(F)F)n2)CC1. The zero-order valence-electron chi connectivity index (χ0n) is 16.6. The van der Waals surface area contributed by atoms with Crippen molar-refractivity contribution in [2.75, 3.05) is 5.32 Å². The molecule has 1 saturated carbocycles. The van der Waals surface area contributed by atoms with Gasteiger partial charge in [-0.1, -0.05) is 19.9 Å². The van der Waals surface area contributed by atoms with Gasteiger partial charge >= 0.3 is 0 Å². The number of nitrogens with zero attached hydrogens (tertiary/aromatic N) is 4. The molecular formula is C21H25F2N5O. The molecule has 1 aliphatic rings. The Morgan fingerprint density at radius 2 is 1.97 bits per heavy atom. The first-order chi connectivity index (χ1) is 13.9. The molecule has 0 atom stereocenters. The van der Waals surface area contributed by atoms with Crippen LogP contribution in [0.25, 0.3) is 5.52 Å². The molecule has 0 saturated heterocycles. The van der Waals surface area contributed by atoms with Crippen LogP contribution >= 0.6 is 0 Å². The number of alkyl halides is 2. The lowest BCUT2D eigenvalue weighted by Crippen LogP contribution is -2.21. The number of fused-ring (bicyclic) bond motifs is 1. The van der Waals surface area contributed by atoms with Gasteiger partial charge in [-0.15, -0.1) is 0 Å². The molecule has 6 nitrogen and oxygen atoms in total. The summed E-state index contributed by atoms with van der Waals surface area (Å²) in [7, 11) is 0. The zero-order chi connectivity index (χ0) is 20.5. The molecule has 3 heterocycles. The van der Waals surface area contributed by atoms with Crippen LogP contribution in [-0.4, -0.2) is 25.3 Å². The number of pyridine rings is 1. The lowest BCUT2D eigenvalue weighted by molar-refractivity contribution is 0.102. The molecule has 154 valence electrons. The lowest BCUT2D eigenvalue weighted by Gasteiger charge is -2.30. The molecule has 0 spiro atoms. The topological polar surface area (TPSA) is 64.2 Å². The van der Waals surface area contributed by atoms with Gasteiger partial charge < -0.3 is 5.32 Å². The average Bonchev–Trinajstić information content (AvgIpc) is 3.32. The molecule has 4 rings (SSSR count). The van der Waals surface area contributed by atoms with E-state index in [-0.39, 0.29) is 17.4 Å². The Labute approximate surface area is 167 Å². The fraction of sp³-hybridized carbons (Fsp3) is 0.476. The van der Waals surface area contributed by atoms with Crippen LogP contribution in [0.4, 0.5) is 14.5 Å². The van der Waals surface area contributed by atoms with Gasteiger partial charge in [0, 0.05) is 12.4 Å². The average molecular weight is 401 g/mol. The molecule has 0 unspecified atom stereocenters. The Balaban J connectivity index is 1.55. The van der Waals surface area contributed by atoms with E-state index < -0.39 is 12.3 Å². The normalized spacial score (nSPS) is 19.9. The van der Waals surface area contributed by atoms with Gasteiger partial charge in [0.2, 0.25) is 0 Å². The van der Waals surface area contributed by atoms with Gasteiger partial charge in [0.05, 0.1) is 29.0 Å². The zero-order valence-corrected chi connectivity index (χ0v) is 16.6. The van der Waals surface area contributed by atoms with Gasteiger partial charge in [-0.25, -0.2) is 13.3 Å². The Morgan fingerprint density at radius 1 is 1.21 bits per heavy atom. The highest BCUT2D eigenvalue weighted by molar-refractivity contribution is 6.08. The molecule has 1 N–H and O–H groups in total. The number of anilines is 1. The Bertz CT molecular complexity index is 1000. The van der Waals surface area contributed by atoms with E-state index in [0.717, 1.165) is 25.7 Å². The summed E-state index contributed by atoms with van der Waals surface area (Å²) in [6, 6.07) is 5.44. The third kappa shape index (κ3) is 3.88. The molecule has 8 heteroatoms. The molecule has 3 aromatic heterocycles. The van der Waals surface area contributed by atoms with Crippen LogP contribution in [0.15, 0.2) is 36.8 Å². The van der Waals surface area contributed by atoms with Gasteiger partial charge in [-0.2, -0.15) is 10.2 Å². The van der Waals surface area contributed by atoms with Gasteiger partial charge in [0.15, 0.2) is 5.69 Å². The minimum absolute atomic E-state index is 0.0614. The van der Waals surface area contributed by atoms with E-state index in [1.54, 1.807) is 39.8 Å². The third-order valence-electron chi connectivity index (χ3n) is 5.94. The predicted octanol–water partition coefficient (Wildman–Crippen LogP) is 5.11. The van der Waals surface area contributed by atoms with Crippen LogP contribution in [-0.2, 0) is 0 Å². The smallest absolute Gasteiger partial charge is 0.284 e. The van der Waals surface area contributed by atoms with Crippen molar-refractivity contribution in [2.45, 2.75) is 52.0 Å². The van der Waals surface area contributed by atoms with E-state index in [1.165, 1.54) is 6.20 Å². The van der Waals surface area contributed by atoms with Crippen molar-refractivity contribution < 1.29 is 13.6 Å². The monoisotopic (exact) mass is 401 g/mol. The number of carbonyl (C=O) groups excluding carboxylic acids is 1. The second-order valence-electron chi connectivity index (χ2n) is 8.06. The fourth-order valence-electron chi connectivity index (χ4n) is 4.18. The van der Waals surface area contributed by atoms with Gasteiger partial charge in [-0.05, 0) is 49.7 Å². The maximum absolute atomic E-state index is 13.6. The minimum atomic E-state index is -2.76. The van der Waals surface area contributed by atoms with Crippen LogP contribution in [0.3, 0.4) is 0 Å². The highest BCUT2D eigenvalue weighted by Crippen LogP contribution is 2.37. The summed E-state index contributed by atoms with van der Waals surface area (Å²) in [6.07, 6.45) is 5.90. The van der Waals surface area contributed by atoms with Crippen molar-refractivity contribution in [1.82, 2.24) is 19.4 Å². The second-order valence-corrected chi connectivity index (χ2v) is 8.06. The third-order valence-corrected chi connectivity index (χ3v) is 5.94. The largest absolute Gasteiger partial charge is 0.319 e. The standard InChI is InChI=1S/C21H25F2N5O/c1-13(2)14-6-8-15(9-7-14)28-12-17(19(26-28)20(22)23)25-21(29)16-11-24-27-10-4-3-5-18(16)27/h3-5,10-15,20H,6-9H2,1-2H3,(H,25,29). The van der Waals surface area contributed by atoms with E-state index in [2.05, 4.69) is 29.4 Å². The maximum atomic E-state index is 13.6. The molecule has 1 aliphatic carbocycles. The fourth-order valence-corrected chi connectivity index (χ4v) is 4.18. The molecular weight excluding hydrogens is 376 g/mol. The first kappa shape index (κ1) is 19.5. The van der Waals surface area contributed by atoms with Gasteiger partial charge in [-0.3, -0.25) is 9.48 Å². The number of hydrogen-bond donors (Lipinski definition) is 1. The molecule has 0 aliphatic heterocycles. The molecule has 0 aromatic carbocycles. The second kappa shape index (κ2) is 7.93. The van der Waals surface area contributed by atoms with Crippen molar-refractivity contribution in [3.8, 4) is 0 Å². The Morgan fingerprint density at radius 3 is 2.66 bits per heavy atom. The van der Waals surface area contributed by atoms with Crippen molar-refractivity contribution in [3.63, 3.8) is 0 Å². The van der Waals surface area contributed by atoms with Crippen molar-refractivity contribution in [1.29, 1.82) is 0 Å². The number of rotatable bonds is 5. The maximum Gasteiger partial charge on any atom is 0.284 e. The lowest BCUT2D eigenvalue weighted by atomic mass is 9.80. The molecule has 1 amide bonds. The highest BCUT2D eigenvalue weighted by atomic mass is 19.3. The van der Waals surface area contributed by atoms with E-state index in [9.17, 15) is 13.6 Å². The summed E-state index contributed by atoms with van der Waals surface area (Å²) in [5.74, 6) is 0.827. The highest BCUT2D eigenvalue weighted by Gasteiger charge is 2.28. The summed E-state index contributed by atoms with van der Waals surface area (Å²) >= 11 is 0. The molecule has 29 heavy (non-hydrogen) atoms. The van der Waals surface area contributed by atoms with Crippen LogP contribution in [0.5, 0.6) is 0 Å². The molecule has 0 radical (unpaired) electrons. The summed E-state index contributed by atoms with van der Waals surface area (Å²) < 4.78 is 30.3. The Hall–Kier alpha value is -2.77. The molecule has 0 bridgehead atoms. The van der Waals surface area contributed by atoms with Crippen molar-refractivity contribution >= 4 is 17.1 Å². The number of halogens is 2. The summed E-state index contributed by atoms with van der Waals surface area (Å²) in [5, 5.41) is 10.9. The molecule has 1 fully saturated rings. The van der Waals surface area contributed by atoms with Crippen LogP contribution in [0, 0.1) is 11.8 Å². The molecule has 3 aromatic rings. The summed E-state index contributed by atoms with van der Waals surface area (Å²) in [4.78, 5) is 12.7. The van der Waals surface area contributed by atoms with E-state index in [0.29, 0.717) is 22.9 Å². The summed E-state index contributed by atoms with van der Waals surface area (Å²) in [6.45, 7) is 4.45. The van der Waals surface area contributed by atoms with E-state index in [1.807, 2.05) is 0 Å². The van der Waals surface area contributed by atoms with E-state index >= 15 is 0 Å². The van der Waals surface area contributed by atoms with Gasteiger partial charge in [0.1, 0.15) is 0 Å². The van der Waals surface area contributed by atoms with E-state index in [4.69, 9.17) is 0 Å². The quantitative estimate of drug-likeness (QED) is 0.646. The van der Waals surface area contributed by atoms with Crippen LogP contribution in [0.1, 0.15) is 68.0 Å². The first-order valence-corrected chi connectivity index (χ1v) is 10.0. The number of amides is 1. The van der Waals surface area contributed by atoms with Crippen LogP contribution < -0.4 is 5.32 Å². The predicted molar refractivity (Wildman–Crippen MR) is 106 cm³/mol. The van der Waals surface area contributed by atoms with Gasteiger partial charge in [0.25, 0.3) is 12.3 Å². The van der Waals surface area contributed by atoms with Crippen molar-refractivity contribution in [3.05, 3.63) is 48.0 Å². The number of carbonyl (C=O) groups is 1. The van der Waals surface area contributed by atoms with Crippen LogP contribution in [0.2, 0.25) is 0 Å². The van der Waals surface area contributed by atoms with Crippen molar-refractivity contribution in [2.24, 2.45) is 11.8 Å².